The molecule has 3 rings (SSSR count). The molecule has 1 heterocycles. The van der Waals surface area contributed by atoms with Crippen molar-refractivity contribution < 1.29 is 29.1 Å². The number of carbonyl (C=O) groups excluding carboxylic acids is 5. The number of nitrogens with zero attached hydrogens (tertiary/aromatic N) is 1. The van der Waals surface area contributed by atoms with Crippen molar-refractivity contribution in [2.45, 2.75) is 56.8 Å². The van der Waals surface area contributed by atoms with Crippen LogP contribution in [0.5, 0.6) is 5.75 Å². The molecule has 1 fully saturated rings. The van der Waals surface area contributed by atoms with Crippen LogP contribution in [-0.2, 0) is 36.8 Å². The van der Waals surface area contributed by atoms with Crippen molar-refractivity contribution in [3.05, 3.63) is 65.7 Å². The molecule has 1 saturated heterocycles. The Labute approximate surface area is 232 Å². The summed E-state index contributed by atoms with van der Waals surface area (Å²) in [6, 6.07) is 11.8. The van der Waals surface area contributed by atoms with Crippen molar-refractivity contribution in [1.82, 2.24) is 20.9 Å². The maximum Gasteiger partial charge on any atom is 0.246 e. The number of amides is 5. The standard InChI is InChI=1S/C28H36N6O6/c1-17(32-27(39)21(29)14-19-9-11-20(35)12-10-19)26(38)31-16-24(36)33-22(15-18-6-3-2-4-7-18)28(40)34-13-5-8-23(34)25(30)37/h2-4,6-7,9-12,17,21-23,35H,5,8,13-16,29H2,1H3,(H2,30,37)(H,31,38)(H,32,39)(H,33,36)/t17-,21+,22+,23+/m1/s1. The summed E-state index contributed by atoms with van der Waals surface area (Å²) in [6.07, 6.45) is 1.48. The monoisotopic (exact) mass is 552 g/mol. The quantitative estimate of drug-likeness (QED) is 0.196. The lowest BCUT2D eigenvalue weighted by Crippen LogP contribution is -2.55. The number of nitrogens with one attached hydrogen (secondary N) is 3. The molecular formula is C28H36N6O6. The summed E-state index contributed by atoms with van der Waals surface area (Å²) in [7, 11) is 0. The third-order valence-corrected chi connectivity index (χ3v) is 6.68. The summed E-state index contributed by atoms with van der Waals surface area (Å²) in [6.45, 7) is 1.38. The van der Waals surface area contributed by atoms with Crippen molar-refractivity contribution >= 4 is 29.5 Å². The average molecular weight is 553 g/mol. The smallest absolute Gasteiger partial charge is 0.246 e. The van der Waals surface area contributed by atoms with Crippen LogP contribution in [0.4, 0.5) is 0 Å². The number of likely N-dealkylation sites (tertiary alicyclic amines) is 1. The summed E-state index contributed by atoms with van der Waals surface area (Å²) in [4.78, 5) is 64.3. The number of aromatic hydroxyl groups is 1. The third-order valence-electron chi connectivity index (χ3n) is 6.68. The second-order valence-corrected chi connectivity index (χ2v) is 9.83. The Balaban J connectivity index is 1.54. The molecule has 12 nitrogen and oxygen atoms in total. The van der Waals surface area contributed by atoms with Crippen LogP contribution in [0.1, 0.15) is 30.9 Å². The molecule has 0 bridgehead atoms. The zero-order valence-electron chi connectivity index (χ0n) is 22.3. The lowest BCUT2D eigenvalue weighted by Gasteiger charge is -2.28. The first-order valence-electron chi connectivity index (χ1n) is 13.1. The van der Waals surface area contributed by atoms with E-state index in [1.807, 2.05) is 30.3 Å². The summed E-state index contributed by atoms with van der Waals surface area (Å²) >= 11 is 0. The van der Waals surface area contributed by atoms with E-state index in [9.17, 15) is 29.1 Å². The molecule has 0 aliphatic carbocycles. The van der Waals surface area contributed by atoms with Gasteiger partial charge in [-0.3, -0.25) is 24.0 Å². The summed E-state index contributed by atoms with van der Waals surface area (Å²) in [5.41, 5.74) is 13.0. The fraction of sp³-hybridized carbons (Fsp3) is 0.393. The number of hydrogen-bond acceptors (Lipinski definition) is 7. The maximum absolute atomic E-state index is 13.3. The van der Waals surface area contributed by atoms with E-state index in [1.165, 1.54) is 24.0 Å². The van der Waals surface area contributed by atoms with E-state index >= 15 is 0 Å². The second-order valence-electron chi connectivity index (χ2n) is 9.83. The van der Waals surface area contributed by atoms with E-state index < -0.39 is 60.2 Å². The predicted octanol–water partition coefficient (Wildman–Crippen LogP) is -0.913. The van der Waals surface area contributed by atoms with Crippen LogP contribution in [0.15, 0.2) is 54.6 Å². The minimum absolute atomic E-state index is 0.0951. The molecule has 5 amide bonds. The molecule has 8 N–H and O–H groups in total. The zero-order valence-corrected chi connectivity index (χ0v) is 22.3. The second kappa shape index (κ2) is 14.1. The van der Waals surface area contributed by atoms with Crippen LogP contribution in [0.2, 0.25) is 0 Å². The highest BCUT2D eigenvalue weighted by molar-refractivity contribution is 5.94. The van der Waals surface area contributed by atoms with Gasteiger partial charge in [-0.25, -0.2) is 0 Å². The Hall–Kier alpha value is -4.45. The molecule has 0 saturated carbocycles. The van der Waals surface area contributed by atoms with Gasteiger partial charge in [0.05, 0.1) is 12.6 Å². The molecule has 0 unspecified atom stereocenters. The van der Waals surface area contributed by atoms with Crippen molar-refractivity contribution in [3.63, 3.8) is 0 Å². The number of nitrogens with two attached hydrogens (primary N) is 2. The highest BCUT2D eigenvalue weighted by Crippen LogP contribution is 2.19. The molecular weight excluding hydrogens is 516 g/mol. The zero-order chi connectivity index (χ0) is 29.2. The van der Waals surface area contributed by atoms with Gasteiger partial charge in [0.1, 0.15) is 23.9 Å². The Morgan fingerprint density at radius 1 is 0.950 bits per heavy atom. The minimum Gasteiger partial charge on any atom is -0.508 e. The lowest BCUT2D eigenvalue weighted by atomic mass is 10.0. The fourth-order valence-corrected chi connectivity index (χ4v) is 4.51. The Morgan fingerprint density at radius 2 is 1.60 bits per heavy atom. The lowest BCUT2D eigenvalue weighted by molar-refractivity contribution is -0.140. The number of rotatable bonds is 12. The van der Waals surface area contributed by atoms with E-state index in [4.69, 9.17) is 11.5 Å². The molecule has 1 aliphatic rings. The first-order valence-corrected chi connectivity index (χ1v) is 13.1. The molecule has 40 heavy (non-hydrogen) atoms. The molecule has 0 spiro atoms. The summed E-state index contributed by atoms with van der Waals surface area (Å²) in [5, 5.41) is 17.0. The van der Waals surface area contributed by atoms with Gasteiger partial charge < -0.3 is 37.4 Å². The van der Waals surface area contributed by atoms with Crippen LogP contribution in [-0.4, -0.2) is 76.8 Å². The normalized spacial score (nSPS) is 16.9. The van der Waals surface area contributed by atoms with Gasteiger partial charge in [0, 0.05) is 13.0 Å². The van der Waals surface area contributed by atoms with Crippen LogP contribution >= 0.6 is 0 Å². The van der Waals surface area contributed by atoms with Crippen LogP contribution in [0.3, 0.4) is 0 Å². The number of carbonyl (C=O) groups is 5. The van der Waals surface area contributed by atoms with Gasteiger partial charge in [-0.1, -0.05) is 42.5 Å². The fourth-order valence-electron chi connectivity index (χ4n) is 4.51. The summed E-state index contributed by atoms with van der Waals surface area (Å²) in [5.74, 6) is -2.70. The highest BCUT2D eigenvalue weighted by Gasteiger charge is 2.36. The highest BCUT2D eigenvalue weighted by atomic mass is 16.3. The van der Waals surface area contributed by atoms with E-state index in [0.29, 0.717) is 19.4 Å². The van der Waals surface area contributed by atoms with Gasteiger partial charge in [-0.15, -0.1) is 0 Å². The molecule has 2 aromatic carbocycles. The molecule has 1 aliphatic heterocycles. The first-order chi connectivity index (χ1) is 19.0. The maximum atomic E-state index is 13.3. The van der Waals surface area contributed by atoms with E-state index in [-0.39, 0.29) is 18.6 Å². The van der Waals surface area contributed by atoms with Crippen molar-refractivity contribution in [1.29, 1.82) is 0 Å². The number of benzene rings is 2. The number of phenols is 1. The third kappa shape index (κ3) is 8.53. The molecule has 4 atom stereocenters. The van der Waals surface area contributed by atoms with Crippen LogP contribution in [0.25, 0.3) is 0 Å². The van der Waals surface area contributed by atoms with Gasteiger partial charge in [0.25, 0.3) is 0 Å². The molecule has 0 aromatic heterocycles. The van der Waals surface area contributed by atoms with E-state index in [0.717, 1.165) is 11.1 Å². The van der Waals surface area contributed by atoms with Crippen molar-refractivity contribution in [3.8, 4) is 5.75 Å². The Morgan fingerprint density at radius 3 is 2.25 bits per heavy atom. The van der Waals surface area contributed by atoms with Gasteiger partial charge in [0.2, 0.25) is 29.5 Å². The largest absolute Gasteiger partial charge is 0.508 e. The van der Waals surface area contributed by atoms with E-state index in [2.05, 4.69) is 16.0 Å². The van der Waals surface area contributed by atoms with Crippen LogP contribution < -0.4 is 27.4 Å². The van der Waals surface area contributed by atoms with Crippen molar-refractivity contribution in [2.24, 2.45) is 11.5 Å². The summed E-state index contributed by atoms with van der Waals surface area (Å²) < 4.78 is 0. The van der Waals surface area contributed by atoms with Gasteiger partial charge in [-0.2, -0.15) is 0 Å². The Bertz CT molecular complexity index is 1210. The molecule has 0 radical (unpaired) electrons. The SMILES string of the molecule is C[C@@H](NC(=O)[C@@H](N)Cc1ccc(O)cc1)C(=O)NCC(=O)N[C@@H](Cc1ccccc1)C(=O)N1CCC[C@H]1C(N)=O. The topological polar surface area (TPSA) is 197 Å². The predicted molar refractivity (Wildman–Crippen MR) is 146 cm³/mol. The first kappa shape index (κ1) is 30.1. The van der Waals surface area contributed by atoms with E-state index in [1.54, 1.807) is 12.1 Å². The minimum atomic E-state index is -0.978. The van der Waals surface area contributed by atoms with Gasteiger partial charge >= 0.3 is 0 Å². The average Bonchev–Trinajstić information content (AvgIpc) is 3.43. The molecule has 12 heteroatoms. The van der Waals surface area contributed by atoms with Gasteiger partial charge in [0.15, 0.2) is 0 Å². The van der Waals surface area contributed by atoms with Crippen molar-refractivity contribution in [2.75, 3.05) is 13.1 Å². The van der Waals surface area contributed by atoms with Gasteiger partial charge in [-0.05, 0) is 49.4 Å². The van der Waals surface area contributed by atoms with Crippen LogP contribution in [0, 0.1) is 0 Å². The Kier molecular flexibility index (Phi) is 10.6. The molecule has 214 valence electrons. The number of primary amides is 1. The number of phenolic OH excluding ortho intramolecular Hbond substituents is 1. The molecule has 2 aromatic rings. The number of hydrogen-bond donors (Lipinski definition) is 6.